The van der Waals surface area contributed by atoms with Gasteiger partial charge in [0, 0.05) is 11.1 Å². The Morgan fingerprint density at radius 2 is 2.38 bits per heavy atom. The third-order valence-electron chi connectivity index (χ3n) is 2.13. The maximum atomic E-state index is 11.0. The van der Waals surface area contributed by atoms with Gasteiger partial charge in [-0.05, 0) is 18.6 Å². The van der Waals surface area contributed by atoms with E-state index in [4.69, 9.17) is 10.8 Å². The zero-order valence-electron chi connectivity index (χ0n) is 9.22. The molecule has 3 N–H and O–H groups in total. The summed E-state index contributed by atoms with van der Waals surface area (Å²) in [6.07, 6.45) is 4.22. The number of thioether (sulfide) groups is 1. The smallest absolute Gasteiger partial charge is 0.316 e. The van der Waals surface area contributed by atoms with Gasteiger partial charge >= 0.3 is 5.97 Å². The maximum absolute atomic E-state index is 11.0. The molecule has 1 aromatic rings. The molecule has 0 spiro atoms. The molecule has 5 heteroatoms. The molecule has 88 valence electrons. The zero-order chi connectivity index (χ0) is 12.0. The third-order valence-corrected chi connectivity index (χ3v) is 3.37. The quantitative estimate of drug-likeness (QED) is 0.747. The molecule has 0 bridgehead atoms. The monoisotopic (exact) mass is 240 g/mol. The van der Waals surface area contributed by atoms with Crippen LogP contribution < -0.4 is 5.73 Å². The summed E-state index contributed by atoms with van der Waals surface area (Å²) < 4.78 is 0. The van der Waals surface area contributed by atoms with Crippen molar-refractivity contribution in [3.05, 3.63) is 18.3 Å². The first-order chi connectivity index (χ1) is 7.63. The van der Waals surface area contributed by atoms with E-state index in [0.717, 1.165) is 17.7 Å². The number of carbonyl (C=O) groups is 1. The van der Waals surface area contributed by atoms with Crippen LogP contribution in [-0.4, -0.2) is 21.3 Å². The number of aliphatic carboxylic acids is 1. The minimum absolute atomic E-state index is 0.398. The van der Waals surface area contributed by atoms with E-state index < -0.39 is 11.2 Å². The van der Waals surface area contributed by atoms with Crippen molar-refractivity contribution < 1.29 is 9.90 Å². The van der Waals surface area contributed by atoms with Crippen LogP contribution in [0, 0.1) is 0 Å². The van der Waals surface area contributed by atoms with E-state index in [1.165, 1.54) is 11.8 Å². The molecule has 0 aliphatic rings. The molecule has 4 nitrogen and oxygen atoms in total. The molecule has 0 saturated heterocycles. The lowest BCUT2D eigenvalue weighted by Crippen LogP contribution is -2.15. The van der Waals surface area contributed by atoms with Crippen LogP contribution in [0.4, 0.5) is 5.82 Å². The van der Waals surface area contributed by atoms with Crippen molar-refractivity contribution in [3.63, 3.8) is 0 Å². The molecule has 1 unspecified atom stereocenters. The highest BCUT2D eigenvalue weighted by Gasteiger charge is 2.18. The Labute approximate surface area is 99.3 Å². The summed E-state index contributed by atoms with van der Waals surface area (Å²) >= 11 is 1.33. The largest absolute Gasteiger partial charge is 0.480 e. The van der Waals surface area contributed by atoms with Crippen LogP contribution in [-0.2, 0) is 4.79 Å². The molecule has 0 aliphatic carbocycles. The number of anilines is 1. The SMILES string of the molecule is CCCCC(Sc1ccc(N)nc1)C(=O)O. The lowest BCUT2D eigenvalue weighted by atomic mass is 10.2. The highest BCUT2D eigenvalue weighted by molar-refractivity contribution is 8.00. The van der Waals surface area contributed by atoms with Gasteiger partial charge in [0.2, 0.25) is 0 Å². The third kappa shape index (κ3) is 4.10. The number of pyridine rings is 1. The number of carboxylic acid groups (broad SMARTS) is 1. The highest BCUT2D eigenvalue weighted by Crippen LogP contribution is 2.26. The minimum Gasteiger partial charge on any atom is -0.480 e. The Kier molecular flexibility index (Phi) is 5.11. The number of rotatable bonds is 6. The number of hydrogen-bond acceptors (Lipinski definition) is 4. The van der Waals surface area contributed by atoms with Crippen LogP contribution in [0.1, 0.15) is 26.2 Å². The number of hydrogen-bond donors (Lipinski definition) is 2. The summed E-state index contributed by atoms with van der Waals surface area (Å²) in [5, 5.41) is 8.65. The number of unbranched alkanes of at least 4 members (excludes halogenated alkanes) is 1. The van der Waals surface area contributed by atoms with Crippen LogP contribution >= 0.6 is 11.8 Å². The van der Waals surface area contributed by atoms with Crippen molar-refractivity contribution in [1.82, 2.24) is 4.98 Å². The second-order valence-corrected chi connectivity index (χ2v) is 4.78. The first-order valence-corrected chi connectivity index (χ1v) is 6.12. The fourth-order valence-electron chi connectivity index (χ4n) is 1.25. The lowest BCUT2D eigenvalue weighted by molar-refractivity contribution is -0.136. The summed E-state index contributed by atoms with van der Waals surface area (Å²) in [4.78, 5) is 15.8. The van der Waals surface area contributed by atoms with Crippen LogP contribution in [0.2, 0.25) is 0 Å². The molecule has 0 aromatic carbocycles. The van der Waals surface area contributed by atoms with E-state index in [1.807, 2.05) is 6.92 Å². The van der Waals surface area contributed by atoms with E-state index in [-0.39, 0.29) is 0 Å². The average Bonchev–Trinajstić information content (AvgIpc) is 2.26. The Morgan fingerprint density at radius 3 is 2.88 bits per heavy atom. The van der Waals surface area contributed by atoms with Gasteiger partial charge in [0.05, 0.1) is 0 Å². The standard InChI is InChI=1S/C11H16N2O2S/c1-2-3-4-9(11(14)15)16-8-5-6-10(12)13-7-8/h5-7,9H,2-4H2,1H3,(H2,12,13)(H,14,15). The van der Waals surface area contributed by atoms with Crippen molar-refractivity contribution >= 4 is 23.5 Å². The average molecular weight is 240 g/mol. The van der Waals surface area contributed by atoms with Crippen molar-refractivity contribution in [3.8, 4) is 0 Å². The van der Waals surface area contributed by atoms with E-state index in [9.17, 15) is 4.79 Å². The first kappa shape index (κ1) is 12.8. The van der Waals surface area contributed by atoms with Gasteiger partial charge in [-0.2, -0.15) is 0 Å². The predicted molar refractivity (Wildman–Crippen MR) is 65.5 cm³/mol. The Balaban J connectivity index is 2.60. The van der Waals surface area contributed by atoms with Gasteiger partial charge in [-0.1, -0.05) is 19.8 Å². The zero-order valence-corrected chi connectivity index (χ0v) is 10.0. The molecule has 0 aliphatic heterocycles. The number of aromatic nitrogens is 1. The molecular formula is C11H16N2O2S. The second-order valence-electron chi connectivity index (χ2n) is 3.51. The van der Waals surface area contributed by atoms with Gasteiger partial charge in [-0.25, -0.2) is 4.98 Å². The summed E-state index contributed by atoms with van der Waals surface area (Å²) in [7, 11) is 0. The fraction of sp³-hybridized carbons (Fsp3) is 0.455. The normalized spacial score (nSPS) is 12.3. The molecule has 0 saturated carbocycles. The summed E-state index contributed by atoms with van der Waals surface area (Å²) in [5.41, 5.74) is 5.46. The second kappa shape index (κ2) is 6.37. The number of nitrogens with zero attached hydrogens (tertiary/aromatic N) is 1. The molecule has 0 amide bonds. The molecule has 0 radical (unpaired) electrons. The Bertz CT molecular complexity index is 340. The topological polar surface area (TPSA) is 76.2 Å². The van der Waals surface area contributed by atoms with E-state index in [0.29, 0.717) is 12.2 Å². The Morgan fingerprint density at radius 1 is 1.62 bits per heavy atom. The van der Waals surface area contributed by atoms with Crippen molar-refractivity contribution in [1.29, 1.82) is 0 Å². The van der Waals surface area contributed by atoms with Crippen LogP contribution in [0.25, 0.3) is 0 Å². The highest BCUT2D eigenvalue weighted by atomic mass is 32.2. The molecule has 0 fully saturated rings. The van der Waals surface area contributed by atoms with Gasteiger partial charge in [-0.15, -0.1) is 11.8 Å². The Hall–Kier alpha value is -1.23. The number of nitrogen functional groups attached to an aromatic ring is 1. The lowest BCUT2D eigenvalue weighted by Gasteiger charge is -2.10. The molecule has 1 heterocycles. The van der Waals surface area contributed by atoms with Crippen LogP contribution in [0.15, 0.2) is 23.2 Å². The molecule has 1 atom stereocenters. The summed E-state index contributed by atoms with van der Waals surface area (Å²) in [6.45, 7) is 2.05. The summed E-state index contributed by atoms with van der Waals surface area (Å²) in [5.74, 6) is -0.319. The van der Waals surface area contributed by atoms with Gasteiger partial charge in [-0.3, -0.25) is 4.79 Å². The maximum Gasteiger partial charge on any atom is 0.316 e. The van der Waals surface area contributed by atoms with Crippen LogP contribution in [0.5, 0.6) is 0 Å². The van der Waals surface area contributed by atoms with Gasteiger partial charge in [0.25, 0.3) is 0 Å². The van der Waals surface area contributed by atoms with E-state index in [2.05, 4.69) is 4.98 Å². The summed E-state index contributed by atoms with van der Waals surface area (Å²) in [6, 6.07) is 3.48. The predicted octanol–water partition coefficient (Wildman–Crippen LogP) is 2.40. The van der Waals surface area contributed by atoms with Gasteiger partial charge in [0.15, 0.2) is 0 Å². The molecule has 16 heavy (non-hydrogen) atoms. The van der Waals surface area contributed by atoms with Gasteiger partial charge < -0.3 is 10.8 Å². The van der Waals surface area contributed by atoms with Crippen molar-refractivity contribution in [2.24, 2.45) is 0 Å². The number of carboxylic acids is 1. The molecular weight excluding hydrogens is 224 g/mol. The molecule has 1 rings (SSSR count). The van der Waals surface area contributed by atoms with E-state index in [1.54, 1.807) is 18.3 Å². The minimum atomic E-state index is -0.768. The fourth-order valence-corrected chi connectivity index (χ4v) is 2.22. The number of nitrogens with two attached hydrogens (primary N) is 1. The molecule has 1 aromatic heterocycles. The van der Waals surface area contributed by atoms with E-state index >= 15 is 0 Å². The van der Waals surface area contributed by atoms with Crippen molar-refractivity contribution in [2.75, 3.05) is 5.73 Å². The van der Waals surface area contributed by atoms with Crippen molar-refractivity contribution in [2.45, 2.75) is 36.3 Å². The van der Waals surface area contributed by atoms with Crippen LogP contribution in [0.3, 0.4) is 0 Å². The first-order valence-electron chi connectivity index (χ1n) is 5.24. The van der Waals surface area contributed by atoms with Gasteiger partial charge in [0.1, 0.15) is 11.1 Å².